The van der Waals surface area contributed by atoms with Crippen LogP contribution in [0.4, 0.5) is 0 Å². The second kappa shape index (κ2) is 7.17. The van der Waals surface area contributed by atoms with Gasteiger partial charge in [-0.3, -0.25) is 14.5 Å². The average Bonchev–Trinajstić information content (AvgIpc) is 2.73. The van der Waals surface area contributed by atoms with Gasteiger partial charge >= 0.3 is 5.97 Å². The van der Waals surface area contributed by atoms with Crippen LogP contribution in [0.3, 0.4) is 0 Å². The Labute approximate surface area is 137 Å². The number of rotatable bonds is 5. The molecule has 0 radical (unpaired) electrons. The molecule has 2 fully saturated rings. The predicted molar refractivity (Wildman–Crippen MR) is 85.6 cm³/mol. The lowest BCUT2D eigenvalue weighted by Crippen LogP contribution is -2.51. The number of ether oxygens (including phenoxy) is 1. The van der Waals surface area contributed by atoms with Gasteiger partial charge in [0.1, 0.15) is 0 Å². The van der Waals surface area contributed by atoms with E-state index in [0.29, 0.717) is 39.0 Å². The first kappa shape index (κ1) is 18.2. The van der Waals surface area contributed by atoms with Gasteiger partial charge in [-0.2, -0.15) is 0 Å². The molecule has 2 rings (SSSR count). The molecule has 0 aromatic rings. The molecule has 8 heteroatoms. The van der Waals surface area contributed by atoms with Crippen molar-refractivity contribution in [2.75, 3.05) is 37.7 Å². The third kappa shape index (κ3) is 5.17. The number of likely N-dealkylation sites (tertiary alicyclic amines) is 1. The molecule has 1 N–H and O–H groups in total. The molecule has 0 unspecified atom stereocenters. The van der Waals surface area contributed by atoms with E-state index < -0.39 is 15.4 Å². The fraction of sp³-hybridized carbons (Fsp3) is 0.867. The highest BCUT2D eigenvalue weighted by Crippen LogP contribution is 2.23. The molecule has 23 heavy (non-hydrogen) atoms. The normalized spacial score (nSPS) is 28.4. The smallest absolute Gasteiger partial charge is 0.309 e. The fourth-order valence-electron chi connectivity index (χ4n) is 3.28. The number of hydrogen-bond acceptors (Lipinski definition) is 6. The summed E-state index contributed by atoms with van der Waals surface area (Å²) in [4.78, 5) is 25.8. The number of piperidine rings is 1. The van der Waals surface area contributed by atoms with E-state index in [1.807, 2.05) is 4.90 Å². The van der Waals surface area contributed by atoms with Crippen molar-refractivity contribution in [3.05, 3.63) is 0 Å². The summed E-state index contributed by atoms with van der Waals surface area (Å²) in [5, 5.41) is 2.86. The van der Waals surface area contributed by atoms with Gasteiger partial charge in [-0.25, -0.2) is 8.42 Å². The standard InChI is InChI=1S/C15H26N2O5S/c1-3-22-14(19)12-4-7-17(8-5-12)10-13(18)16-15(2)6-9-23(20,21)11-15/h12H,3-11H2,1-2H3,(H,16,18)/t15-/m0/s1. The van der Waals surface area contributed by atoms with Crippen LogP contribution < -0.4 is 5.32 Å². The molecule has 7 nitrogen and oxygen atoms in total. The quantitative estimate of drug-likeness (QED) is 0.702. The molecule has 0 bridgehead atoms. The van der Waals surface area contributed by atoms with Crippen LogP contribution in [0.25, 0.3) is 0 Å². The molecule has 0 aliphatic carbocycles. The molecule has 0 aromatic carbocycles. The van der Waals surface area contributed by atoms with E-state index in [-0.39, 0.29) is 35.8 Å². The Morgan fingerprint density at radius 3 is 2.48 bits per heavy atom. The summed E-state index contributed by atoms with van der Waals surface area (Å²) in [5.41, 5.74) is -0.654. The number of esters is 1. The Hall–Kier alpha value is -1.15. The lowest BCUT2D eigenvalue weighted by Gasteiger charge is -2.31. The highest BCUT2D eigenvalue weighted by atomic mass is 32.2. The van der Waals surface area contributed by atoms with Gasteiger partial charge in [0.2, 0.25) is 5.91 Å². The Bertz CT molecular complexity index is 554. The minimum absolute atomic E-state index is 0.0106. The largest absolute Gasteiger partial charge is 0.466 e. The third-order valence-electron chi connectivity index (χ3n) is 4.52. The van der Waals surface area contributed by atoms with Gasteiger partial charge in [0.05, 0.1) is 36.1 Å². The van der Waals surface area contributed by atoms with Crippen LogP contribution in [-0.2, 0) is 24.2 Å². The van der Waals surface area contributed by atoms with Crippen molar-refractivity contribution in [2.45, 2.75) is 38.6 Å². The zero-order valence-electron chi connectivity index (χ0n) is 13.8. The van der Waals surface area contributed by atoms with E-state index in [4.69, 9.17) is 4.74 Å². The number of carbonyl (C=O) groups excluding carboxylic acids is 2. The number of nitrogens with one attached hydrogen (secondary N) is 1. The highest BCUT2D eigenvalue weighted by molar-refractivity contribution is 7.91. The van der Waals surface area contributed by atoms with E-state index >= 15 is 0 Å². The Morgan fingerprint density at radius 1 is 1.30 bits per heavy atom. The molecule has 2 aliphatic rings. The fourth-order valence-corrected chi connectivity index (χ4v) is 5.37. The second-order valence-electron chi connectivity index (χ2n) is 6.75. The molecule has 0 spiro atoms. The van der Waals surface area contributed by atoms with E-state index in [0.717, 1.165) is 0 Å². The molecule has 1 atom stereocenters. The molecule has 0 saturated carbocycles. The minimum atomic E-state index is -3.03. The molecule has 1 amide bonds. The van der Waals surface area contributed by atoms with Gasteiger partial charge in [0.25, 0.3) is 0 Å². The van der Waals surface area contributed by atoms with Gasteiger partial charge < -0.3 is 10.1 Å². The van der Waals surface area contributed by atoms with Crippen LogP contribution in [0.1, 0.15) is 33.1 Å². The second-order valence-corrected chi connectivity index (χ2v) is 8.94. The molecule has 132 valence electrons. The van der Waals surface area contributed by atoms with Crippen LogP contribution in [0, 0.1) is 5.92 Å². The summed E-state index contributed by atoms with van der Waals surface area (Å²) in [6.07, 6.45) is 1.85. The monoisotopic (exact) mass is 346 g/mol. The van der Waals surface area contributed by atoms with Crippen molar-refractivity contribution in [2.24, 2.45) is 5.92 Å². The van der Waals surface area contributed by atoms with Crippen molar-refractivity contribution < 1.29 is 22.7 Å². The Kier molecular flexibility index (Phi) is 5.67. The van der Waals surface area contributed by atoms with Crippen molar-refractivity contribution in [3.8, 4) is 0 Å². The van der Waals surface area contributed by atoms with E-state index in [1.165, 1.54) is 0 Å². The average molecular weight is 346 g/mol. The lowest BCUT2D eigenvalue weighted by molar-refractivity contribution is -0.149. The molecular formula is C15H26N2O5S. The van der Waals surface area contributed by atoms with Crippen molar-refractivity contribution in [1.82, 2.24) is 10.2 Å². The van der Waals surface area contributed by atoms with E-state index in [1.54, 1.807) is 13.8 Å². The number of hydrogen-bond donors (Lipinski definition) is 1. The van der Waals surface area contributed by atoms with Gasteiger partial charge in [0, 0.05) is 0 Å². The third-order valence-corrected chi connectivity index (χ3v) is 6.42. The lowest BCUT2D eigenvalue weighted by atomic mass is 9.97. The first-order valence-electron chi connectivity index (χ1n) is 8.13. The zero-order chi connectivity index (χ0) is 17.1. The number of carbonyl (C=O) groups is 2. The summed E-state index contributed by atoms with van der Waals surface area (Å²) >= 11 is 0. The minimum Gasteiger partial charge on any atom is -0.466 e. The number of sulfone groups is 1. The maximum Gasteiger partial charge on any atom is 0.309 e. The molecule has 2 saturated heterocycles. The van der Waals surface area contributed by atoms with E-state index in [9.17, 15) is 18.0 Å². The zero-order valence-corrected chi connectivity index (χ0v) is 14.7. The van der Waals surface area contributed by atoms with Crippen LogP contribution in [-0.4, -0.2) is 68.5 Å². The highest BCUT2D eigenvalue weighted by Gasteiger charge is 2.39. The molecular weight excluding hydrogens is 320 g/mol. The molecule has 2 heterocycles. The number of amides is 1. The molecule has 2 aliphatic heterocycles. The molecule has 0 aromatic heterocycles. The van der Waals surface area contributed by atoms with Crippen molar-refractivity contribution in [1.29, 1.82) is 0 Å². The van der Waals surface area contributed by atoms with Crippen LogP contribution in [0.2, 0.25) is 0 Å². The van der Waals surface area contributed by atoms with Crippen LogP contribution in [0.5, 0.6) is 0 Å². The van der Waals surface area contributed by atoms with Gasteiger partial charge in [0.15, 0.2) is 9.84 Å². The number of nitrogens with zero attached hydrogens (tertiary/aromatic N) is 1. The maximum atomic E-state index is 12.2. The Morgan fingerprint density at radius 2 is 1.96 bits per heavy atom. The predicted octanol–water partition coefficient (Wildman–Crippen LogP) is -0.0451. The topological polar surface area (TPSA) is 92.8 Å². The summed E-state index contributed by atoms with van der Waals surface area (Å²) in [6.45, 7) is 5.55. The van der Waals surface area contributed by atoms with Crippen LogP contribution >= 0.6 is 0 Å². The SMILES string of the molecule is CCOC(=O)C1CCN(CC(=O)N[C@@]2(C)CCS(=O)(=O)C2)CC1. The van der Waals surface area contributed by atoms with Gasteiger partial charge in [-0.15, -0.1) is 0 Å². The van der Waals surface area contributed by atoms with Crippen molar-refractivity contribution >= 4 is 21.7 Å². The first-order valence-corrected chi connectivity index (χ1v) is 9.95. The summed E-state index contributed by atoms with van der Waals surface area (Å²) in [6, 6.07) is 0. The summed E-state index contributed by atoms with van der Waals surface area (Å²) < 4.78 is 28.2. The summed E-state index contributed by atoms with van der Waals surface area (Å²) in [5.74, 6) is -0.239. The van der Waals surface area contributed by atoms with Gasteiger partial charge in [-0.05, 0) is 46.2 Å². The maximum absolute atomic E-state index is 12.2. The van der Waals surface area contributed by atoms with Crippen LogP contribution in [0.15, 0.2) is 0 Å². The van der Waals surface area contributed by atoms with Crippen molar-refractivity contribution in [3.63, 3.8) is 0 Å². The van der Waals surface area contributed by atoms with E-state index in [2.05, 4.69) is 5.32 Å². The Balaban J connectivity index is 1.76. The van der Waals surface area contributed by atoms with Gasteiger partial charge in [-0.1, -0.05) is 0 Å². The first-order chi connectivity index (χ1) is 10.7. The summed E-state index contributed by atoms with van der Waals surface area (Å²) in [7, 11) is -3.03.